The molecule has 0 fully saturated rings. The van der Waals surface area contributed by atoms with E-state index >= 15 is 0 Å². The Labute approximate surface area is 140 Å². The predicted molar refractivity (Wildman–Crippen MR) is 86.5 cm³/mol. The Morgan fingerprint density at radius 3 is 2.74 bits per heavy atom. The van der Waals surface area contributed by atoms with Gasteiger partial charge < -0.3 is 9.84 Å². The molecule has 0 spiro atoms. The van der Waals surface area contributed by atoms with Crippen LogP contribution in [-0.4, -0.2) is 16.0 Å². The van der Waals surface area contributed by atoms with Crippen LogP contribution in [0.3, 0.4) is 0 Å². The van der Waals surface area contributed by atoms with E-state index in [9.17, 15) is 4.79 Å². The van der Waals surface area contributed by atoms with Gasteiger partial charge >= 0.3 is 0 Å². The third kappa shape index (κ3) is 3.56. The molecule has 114 valence electrons. The third-order valence-electron chi connectivity index (χ3n) is 2.92. The number of nitrogens with zero attached hydrogens (tertiary/aromatic N) is 3. The first-order chi connectivity index (χ1) is 11.2. The van der Waals surface area contributed by atoms with Gasteiger partial charge in [-0.1, -0.05) is 41.0 Å². The van der Waals surface area contributed by atoms with Crippen molar-refractivity contribution >= 4 is 34.5 Å². The zero-order valence-corrected chi connectivity index (χ0v) is 13.2. The molecule has 2 heterocycles. The first-order valence-electron chi connectivity index (χ1n) is 6.50. The minimum Gasteiger partial charge on any atom is -0.342 e. The van der Waals surface area contributed by atoms with Gasteiger partial charge in [-0.2, -0.15) is 4.98 Å². The number of thiophene rings is 1. The Balaban J connectivity index is 1.65. The predicted octanol–water partition coefficient (Wildman–Crippen LogP) is 3.93. The number of nitrogens with one attached hydrogen (secondary N) is 1. The van der Waals surface area contributed by atoms with Gasteiger partial charge in [0.1, 0.15) is 0 Å². The largest absolute Gasteiger partial charge is 0.342 e. The van der Waals surface area contributed by atoms with Crippen molar-refractivity contribution in [2.45, 2.75) is 6.54 Å². The fourth-order valence-electron chi connectivity index (χ4n) is 1.81. The van der Waals surface area contributed by atoms with Gasteiger partial charge in [-0.25, -0.2) is 4.85 Å². The highest BCUT2D eigenvalue weighted by Gasteiger charge is 2.12. The van der Waals surface area contributed by atoms with Crippen LogP contribution in [0.15, 0.2) is 40.9 Å². The third-order valence-corrected chi connectivity index (χ3v) is 4.15. The summed E-state index contributed by atoms with van der Waals surface area (Å²) in [6.45, 7) is 7.04. The van der Waals surface area contributed by atoms with E-state index < -0.39 is 0 Å². The van der Waals surface area contributed by atoms with E-state index in [0.717, 1.165) is 5.56 Å². The van der Waals surface area contributed by atoms with Crippen molar-refractivity contribution in [3.8, 4) is 11.4 Å². The number of halogens is 1. The highest BCUT2D eigenvalue weighted by molar-refractivity contribution is 7.17. The van der Waals surface area contributed by atoms with Crippen LogP contribution < -0.4 is 5.32 Å². The molecule has 0 aliphatic rings. The number of benzene rings is 1. The van der Waals surface area contributed by atoms with Crippen LogP contribution in [0.4, 0.5) is 5.69 Å². The molecule has 1 amide bonds. The molecule has 8 heteroatoms. The number of amides is 1. The maximum atomic E-state index is 11.9. The summed E-state index contributed by atoms with van der Waals surface area (Å²) in [6.07, 6.45) is 0. The van der Waals surface area contributed by atoms with Gasteiger partial charge in [0.05, 0.1) is 22.3 Å². The molecule has 0 bridgehead atoms. The van der Waals surface area contributed by atoms with Crippen molar-refractivity contribution in [1.82, 2.24) is 15.5 Å². The lowest BCUT2D eigenvalue weighted by molar-refractivity contribution is 0.0950. The number of hydrogen-bond acceptors (Lipinski definition) is 5. The fraction of sp³-hybridized carbons (Fsp3) is 0.0667. The molecule has 2 aromatic heterocycles. The van der Waals surface area contributed by atoms with Gasteiger partial charge in [0.25, 0.3) is 5.91 Å². The minimum atomic E-state index is -0.247. The fourth-order valence-corrected chi connectivity index (χ4v) is 2.77. The first-order valence-corrected chi connectivity index (χ1v) is 7.69. The minimum absolute atomic E-state index is 0.126. The van der Waals surface area contributed by atoms with Crippen molar-refractivity contribution in [3.05, 3.63) is 62.9 Å². The molecule has 1 aromatic carbocycles. The van der Waals surface area contributed by atoms with Crippen molar-refractivity contribution in [1.29, 1.82) is 0 Å². The van der Waals surface area contributed by atoms with E-state index in [1.54, 1.807) is 36.4 Å². The number of hydrogen-bond donors (Lipinski definition) is 1. The molecule has 23 heavy (non-hydrogen) atoms. The second kappa shape index (κ2) is 6.60. The van der Waals surface area contributed by atoms with Crippen molar-refractivity contribution in [2.24, 2.45) is 0 Å². The summed E-state index contributed by atoms with van der Waals surface area (Å²) in [7, 11) is 0. The van der Waals surface area contributed by atoms with Gasteiger partial charge in [0, 0.05) is 5.56 Å². The Kier molecular flexibility index (Phi) is 4.37. The van der Waals surface area contributed by atoms with Gasteiger partial charge in [0.15, 0.2) is 5.69 Å². The monoisotopic (exact) mass is 344 g/mol. The number of rotatable bonds is 4. The highest BCUT2D eigenvalue weighted by atomic mass is 35.5. The quantitative estimate of drug-likeness (QED) is 0.728. The summed E-state index contributed by atoms with van der Waals surface area (Å²) in [4.78, 5) is 20.0. The summed E-state index contributed by atoms with van der Waals surface area (Å²) in [5, 5.41) is 6.55. The maximum Gasteiger partial charge on any atom is 0.261 e. The smallest absolute Gasteiger partial charge is 0.261 e. The molecular weight excluding hydrogens is 336 g/mol. The molecule has 3 aromatic rings. The van der Waals surface area contributed by atoms with Crippen LogP contribution in [0.1, 0.15) is 15.6 Å². The van der Waals surface area contributed by atoms with Crippen LogP contribution in [0.25, 0.3) is 16.2 Å². The van der Waals surface area contributed by atoms with Crippen LogP contribution in [-0.2, 0) is 6.54 Å². The maximum absolute atomic E-state index is 11.9. The molecule has 1 N–H and O–H groups in total. The van der Waals surface area contributed by atoms with E-state index in [2.05, 4.69) is 20.3 Å². The summed E-state index contributed by atoms with van der Waals surface area (Å²) >= 11 is 6.99. The van der Waals surface area contributed by atoms with Crippen molar-refractivity contribution < 1.29 is 9.32 Å². The van der Waals surface area contributed by atoms with E-state index in [4.69, 9.17) is 22.7 Å². The standard InChI is InChI=1S/C15H9ClN4O2S/c1-17-10-4-2-9(3-5-10)14-19-13(22-20-14)8-18-15(21)11-6-7-12(16)23-11/h2-7H,8H2,(H,18,21). The average Bonchev–Trinajstić information content (AvgIpc) is 3.22. The summed E-state index contributed by atoms with van der Waals surface area (Å²) in [5.41, 5.74) is 1.28. The highest BCUT2D eigenvalue weighted by Crippen LogP contribution is 2.22. The molecule has 0 saturated carbocycles. The number of carbonyl (C=O) groups excluding carboxylic acids is 1. The molecular formula is C15H9ClN4O2S. The van der Waals surface area contributed by atoms with Gasteiger partial charge in [-0.05, 0) is 12.1 Å². The van der Waals surface area contributed by atoms with Crippen LogP contribution in [0.5, 0.6) is 0 Å². The second-order valence-electron chi connectivity index (χ2n) is 4.46. The number of aromatic nitrogens is 2. The molecule has 0 radical (unpaired) electrons. The lowest BCUT2D eigenvalue weighted by atomic mass is 10.2. The molecule has 0 unspecified atom stereocenters. The van der Waals surface area contributed by atoms with Gasteiger partial charge in [-0.15, -0.1) is 11.3 Å². The van der Waals surface area contributed by atoms with Crippen LogP contribution >= 0.6 is 22.9 Å². The van der Waals surface area contributed by atoms with Crippen LogP contribution in [0.2, 0.25) is 4.34 Å². The molecule has 0 aliphatic heterocycles. The lowest BCUT2D eigenvalue weighted by Crippen LogP contribution is -2.21. The van der Waals surface area contributed by atoms with Crippen molar-refractivity contribution in [3.63, 3.8) is 0 Å². The molecule has 0 saturated heterocycles. The number of carbonyl (C=O) groups is 1. The lowest BCUT2D eigenvalue weighted by Gasteiger charge is -1.98. The topological polar surface area (TPSA) is 72.4 Å². The Hall–Kier alpha value is -2.69. The first kappa shape index (κ1) is 15.2. The zero-order chi connectivity index (χ0) is 16.2. The summed E-state index contributed by atoms with van der Waals surface area (Å²) in [5.74, 6) is 0.457. The molecule has 3 rings (SSSR count). The van der Waals surface area contributed by atoms with E-state index in [0.29, 0.717) is 26.6 Å². The van der Waals surface area contributed by atoms with E-state index in [-0.39, 0.29) is 12.5 Å². The normalized spacial score (nSPS) is 10.3. The molecule has 0 aliphatic carbocycles. The Bertz CT molecular complexity index is 880. The van der Waals surface area contributed by atoms with Gasteiger partial charge in [0.2, 0.25) is 11.7 Å². The van der Waals surface area contributed by atoms with Gasteiger partial charge in [-0.3, -0.25) is 4.79 Å². The molecule has 0 atom stereocenters. The molecule has 6 nitrogen and oxygen atoms in total. The summed E-state index contributed by atoms with van der Waals surface area (Å²) < 4.78 is 5.66. The van der Waals surface area contributed by atoms with Crippen molar-refractivity contribution in [2.75, 3.05) is 0 Å². The second-order valence-corrected chi connectivity index (χ2v) is 6.17. The van der Waals surface area contributed by atoms with E-state index in [1.165, 1.54) is 11.3 Å². The Morgan fingerprint density at radius 1 is 1.30 bits per heavy atom. The average molecular weight is 345 g/mol. The zero-order valence-electron chi connectivity index (χ0n) is 11.6. The van der Waals surface area contributed by atoms with E-state index in [1.807, 2.05) is 0 Å². The summed E-state index contributed by atoms with van der Waals surface area (Å²) in [6, 6.07) is 10.2. The SMILES string of the molecule is [C-]#[N+]c1ccc(-c2noc(CNC(=O)c3ccc(Cl)s3)n2)cc1. The van der Waals surface area contributed by atoms with Crippen LogP contribution in [0, 0.1) is 6.57 Å². The Morgan fingerprint density at radius 2 is 2.09 bits per heavy atom.